The molecule has 136 valence electrons. The maximum atomic E-state index is 12.7. The summed E-state index contributed by atoms with van der Waals surface area (Å²) < 4.78 is 34.1. The highest BCUT2D eigenvalue weighted by molar-refractivity contribution is 5.95. The Bertz CT molecular complexity index is 560. The molecule has 24 heavy (non-hydrogen) atoms. The number of nitrogens with two attached hydrogens (primary N) is 1. The van der Waals surface area contributed by atoms with Crippen LogP contribution in [0.25, 0.3) is 0 Å². The van der Waals surface area contributed by atoms with E-state index < -0.39 is 6.61 Å². The maximum absolute atomic E-state index is 12.7. The fourth-order valence-corrected chi connectivity index (χ4v) is 2.90. The smallest absolute Gasteiger partial charge is 0.387 e. The van der Waals surface area contributed by atoms with Crippen molar-refractivity contribution in [2.24, 2.45) is 11.7 Å². The van der Waals surface area contributed by atoms with Crippen LogP contribution in [0.15, 0.2) is 18.2 Å². The maximum Gasteiger partial charge on any atom is 0.387 e. The number of hydrogen-bond donors (Lipinski definition) is 1. The second-order valence-corrected chi connectivity index (χ2v) is 5.76. The molecular formula is C16H23ClF2N2O3. The van der Waals surface area contributed by atoms with Crippen LogP contribution in [0, 0.1) is 5.92 Å². The average Bonchev–Trinajstić information content (AvgIpc) is 2.53. The van der Waals surface area contributed by atoms with Crippen LogP contribution in [0.4, 0.5) is 8.78 Å². The number of benzene rings is 1. The molecule has 2 rings (SSSR count). The van der Waals surface area contributed by atoms with Crippen molar-refractivity contribution in [2.75, 3.05) is 20.2 Å². The molecule has 1 aromatic rings. The van der Waals surface area contributed by atoms with E-state index in [1.807, 2.05) is 0 Å². The molecule has 2 N–H and O–H groups in total. The van der Waals surface area contributed by atoms with Gasteiger partial charge in [0.25, 0.3) is 5.91 Å². The number of ether oxygens (including phenoxy) is 2. The second-order valence-electron chi connectivity index (χ2n) is 5.76. The fraction of sp³-hybridized carbons (Fsp3) is 0.562. The molecular weight excluding hydrogens is 342 g/mol. The van der Waals surface area contributed by atoms with Crippen LogP contribution in [0.1, 0.15) is 30.1 Å². The molecule has 1 saturated heterocycles. The van der Waals surface area contributed by atoms with Crippen LogP contribution in [-0.4, -0.2) is 43.7 Å². The van der Waals surface area contributed by atoms with Gasteiger partial charge in [-0.05, 0) is 37.0 Å². The Hall–Kier alpha value is -1.60. The lowest BCUT2D eigenvalue weighted by Gasteiger charge is -2.38. The Kier molecular flexibility index (Phi) is 7.69. The lowest BCUT2D eigenvalue weighted by Crippen LogP contribution is -2.49. The zero-order valence-electron chi connectivity index (χ0n) is 13.7. The summed E-state index contributed by atoms with van der Waals surface area (Å²) in [5.74, 6) is 0.366. The first-order valence-corrected chi connectivity index (χ1v) is 7.60. The van der Waals surface area contributed by atoms with E-state index in [-0.39, 0.29) is 35.9 Å². The average molecular weight is 365 g/mol. The van der Waals surface area contributed by atoms with Gasteiger partial charge in [-0.1, -0.05) is 6.92 Å². The van der Waals surface area contributed by atoms with Gasteiger partial charge >= 0.3 is 6.61 Å². The number of nitrogens with zero attached hydrogens (tertiary/aromatic N) is 1. The summed E-state index contributed by atoms with van der Waals surface area (Å²) >= 11 is 0. The SMILES string of the molecule is COc1cc(C(=O)N2CCC(C)CC2CN)ccc1OC(F)F.Cl. The van der Waals surface area contributed by atoms with Crippen molar-refractivity contribution in [1.29, 1.82) is 0 Å². The van der Waals surface area contributed by atoms with Crippen LogP contribution in [0.5, 0.6) is 11.5 Å². The van der Waals surface area contributed by atoms with Gasteiger partial charge in [-0.2, -0.15) is 8.78 Å². The van der Waals surface area contributed by atoms with Gasteiger partial charge in [-0.25, -0.2) is 0 Å². The molecule has 1 heterocycles. The summed E-state index contributed by atoms with van der Waals surface area (Å²) in [6.07, 6.45) is 1.79. The number of hydrogen-bond acceptors (Lipinski definition) is 4. The fourth-order valence-electron chi connectivity index (χ4n) is 2.90. The molecule has 2 unspecified atom stereocenters. The topological polar surface area (TPSA) is 64.8 Å². The van der Waals surface area contributed by atoms with Gasteiger partial charge in [-0.3, -0.25) is 4.79 Å². The third-order valence-electron chi connectivity index (χ3n) is 4.14. The monoisotopic (exact) mass is 364 g/mol. The van der Waals surface area contributed by atoms with Crippen LogP contribution in [0.3, 0.4) is 0 Å². The number of carbonyl (C=O) groups is 1. The molecule has 1 aliphatic rings. The number of halogens is 3. The minimum absolute atomic E-state index is 0. The highest BCUT2D eigenvalue weighted by Gasteiger charge is 2.30. The van der Waals surface area contributed by atoms with E-state index in [9.17, 15) is 13.6 Å². The molecule has 0 bridgehead atoms. The number of amides is 1. The Morgan fingerprint density at radius 3 is 2.71 bits per heavy atom. The Labute approximate surface area is 146 Å². The Morgan fingerprint density at radius 2 is 2.12 bits per heavy atom. The lowest BCUT2D eigenvalue weighted by atomic mass is 9.92. The van der Waals surface area contributed by atoms with E-state index in [4.69, 9.17) is 10.5 Å². The van der Waals surface area contributed by atoms with Crippen molar-refractivity contribution in [3.8, 4) is 11.5 Å². The Balaban J connectivity index is 0.00000288. The number of methoxy groups -OCH3 is 1. The molecule has 0 aliphatic carbocycles. The predicted molar refractivity (Wildman–Crippen MR) is 89.2 cm³/mol. The van der Waals surface area contributed by atoms with E-state index in [1.54, 1.807) is 4.90 Å². The zero-order chi connectivity index (χ0) is 17.0. The van der Waals surface area contributed by atoms with Gasteiger partial charge in [0.15, 0.2) is 11.5 Å². The highest BCUT2D eigenvalue weighted by Crippen LogP contribution is 2.31. The van der Waals surface area contributed by atoms with Crippen LogP contribution >= 0.6 is 12.4 Å². The Morgan fingerprint density at radius 1 is 1.42 bits per heavy atom. The van der Waals surface area contributed by atoms with Gasteiger partial charge in [0, 0.05) is 24.7 Å². The molecule has 1 aromatic carbocycles. The third-order valence-corrected chi connectivity index (χ3v) is 4.14. The molecule has 0 aromatic heterocycles. The van der Waals surface area contributed by atoms with Crippen LogP contribution < -0.4 is 15.2 Å². The van der Waals surface area contributed by atoms with Gasteiger partial charge in [-0.15, -0.1) is 12.4 Å². The van der Waals surface area contributed by atoms with Gasteiger partial charge in [0.05, 0.1) is 7.11 Å². The lowest BCUT2D eigenvalue weighted by molar-refractivity contribution is -0.0512. The largest absolute Gasteiger partial charge is 0.493 e. The summed E-state index contributed by atoms with van der Waals surface area (Å²) in [6, 6.07) is 4.21. The second kappa shape index (κ2) is 9.03. The van der Waals surface area contributed by atoms with Crippen molar-refractivity contribution in [3.05, 3.63) is 23.8 Å². The summed E-state index contributed by atoms with van der Waals surface area (Å²) in [4.78, 5) is 14.5. The number of carbonyl (C=O) groups excluding carboxylic acids is 1. The molecule has 2 atom stereocenters. The first-order chi connectivity index (χ1) is 11.0. The quantitative estimate of drug-likeness (QED) is 0.872. The number of rotatable bonds is 5. The number of alkyl halides is 2. The van der Waals surface area contributed by atoms with Crippen LogP contribution in [-0.2, 0) is 0 Å². The highest BCUT2D eigenvalue weighted by atomic mass is 35.5. The van der Waals surface area contributed by atoms with Crippen molar-refractivity contribution in [3.63, 3.8) is 0 Å². The molecule has 1 aliphatic heterocycles. The molecule has 5 nitrogen and oxygen atoms in total. The first-order valence-electron chi connectivity index (χ1n) is 7.60. The summed E-state index contributed by atoms with van der Waals surface area (Å²) in [6.45, 7) is 0.235. The van der Waals surface area contributed by atoms with Crippen LogP contribution in [0.2, 0.25) is 0 Å². The minimum atomic E-state index is -2.95. The van der Waals surface area contributed by atoms with E-state index in [0.717, 1.165) is 12.8 Å². The minimum Gasteiger partial charge on any atom is -0.493 e. The molecule has 0 saturated carbocycles. The summed E-state index contributed by atoms with van der Waals surface area (Å²) in [5.41, 5.74) is 6.16. The standard InChI is InChI=1S/C16H22F2N2O3.ClH/c1-10-5-6-20(12(7-10)9-19)15(21)11-3-4-13(23-16(17)18)14(8-11)22-2;/h3-4,8,10,12,16H,5-7,9,19H2,1-2H3;1H. The van der Waals surface area contributed by atoms with Gasteiger partial charge in [0.1, 0.15) is 0 Å². The van der Waals surface area contributed by atoms with Crippen molar-refractivity contribution >= 4 is 18.3 Å². The zero-order valence-corrected chi connectivity index (χ0v) is 14.5. The normalized spacial score (nSPS) is 20.5. The molecule has 0 radical (unpaired) electrons. The van der Waals surface area contributed by atoms with Crippen molar-refractivity contribution < 1.29 is 23.0 Å². The van der Waals surface area contributed by atoms with E-state index >= 15 is 0 Å². The summed E-state index contributed by atoms with van der Waals surface area (Å²) in [7, 11) is 1.34. The molecule has 1 fully saturated rings. The van der Waals surface area contributed by atoms with E-state index in [0.29, 0.717) is 24.6 Å². The van der Waals surface area contributed by atoms with Gasteiger partial charge in [0.2, 0.25) is 0 Å². The van der Waals surface area contributed by atoms with E-state index in [2.05, 4.69) is 11.7 Å². The summed E-state index contributed by atoms with van der Waals surface area (Å²) in [5, 5.41) is 0. The number of piperidine rings is 1. The molecule has 1 amide bonds. The number of likely N-dealkylation sites (tertiary alicyclic amines) is 1. The van der Waals surface area contributed by atoms with Crippen molar-refractivity contribution in [2.45, 2.75) is 32.4 Å². The first kappa shape index (κ1) is 20.4. The molecule has 8 heteroatoms. The molecule has 0 spiro atoms. The predicted octanol–water partition coefficient (Wildman–Crippen LogP) is 2.92. The van der Waals surface area contributed by atoms with Gasteiger partial charge < -0.3 is 20.1 Å². The van der Waals surface area contributed by atoms with E-state index in [1.165, 1.54) is 25.3 Å². The van der Waals surface area contributed by atoms with Crippen molar-refractivity contribution in [1.82, 2.24) is 4.90 Å². The third kappa shape index (κ3) is 4.70.